The Balaban J connectivity index is 1.86. The Hall–Kier alpha value is -3.25. The van der Waals surface area contributed by atoms with E-state index in [1.165, 1.54) is 6.07 Å². The fourth-order valence-electron chi connectivity index (χ4n) is 2.71. The second-order valence-corrected chi connectivity index (χ2v) is 6.16. The lowest BCUT2D eigenvalue weighted by Gasteiger charge is -2.10. The summed E-state index contributed by atoms with van der Waals surface area (Å²) in [6, 6.07) is 14.6. The summed E-state index contributed by atoms with van der Waals surface area (Å²) in [5, 5.41) is 9.18. The third-order valence-corrected chi connectivity index (χ3v) is 4.12. The number of benzene rings is 1. The van der Waals surface area contributed by atoms with E-state index in [0.717, 1.165) is 11.3 Å². The van der Waals surface area contributed by atoms with E-state index in [1.807, 2.05) is 31.2 Å². The molecular formula is C19H14ClN5O. The quantitative estimate of drug-likeness (QED) is 0.523. The molecule has 0 atom stereocenters. The molecule has 0 aliphatic carbocycles. The van der Waals surface area contributed by atoms with Gasteiger partial charge in [-0.05, 0) is 36.8 Å². The molecule has 0 saturated heterocycles. The van der Waals surface area contributed by atoms with E-state index in [1.54, 1.807) is 46.2 Å². The van der Waals surface area contributed by atoms with Gasteiger partial charge in [0.25, 0.3) is 0 Å². The Morgan fingerprint density at radius 1 is 1.00 bits per heavy atom. The van der Waals surface area contributed by atoms with Crippen molar-refractivity contribution in [3.05, 3.63) is 88.1 Å². The van der Waals surface area contributed by atoms with E-state index in [2.05, 4.69) is 15.2 Å². The summed E-state index contributed by atoms with van der Waals surface area (Å²) >= 11 is 5.98. The van der Waals surface area contributed by atoms with Gasteiger partial charge in [-0.3, -0.25) is 4.79 Å². The molecule has 0 saturated carbocycles. The van der Waals surface area contributed by atoms with Crippen LogP contribution < -0.4 is 5.43 Å². The van der Waals surface area contributed by atoms with Gasteiger partial charge in [0.1, 0.15) is 5.15 Å². The summed E-state index contributed by atoms with van der Waals surface area (Å²) in [5.41, 5.74) is 3.40. The van der Waals surface area contributed by atoms with Gasteiger partial charge in [-0.1, -0.05) is 23.7 Å². The summed E-state index contributed by atoms with van der Waals surface area (Å²) in [7, 11) is 0. The van der Waals surface area contributed by atoms with Crippen LogP contribution in [0.1, 0.15) is 5.56 Å². The van der Waals surface area contributed by atoms with Gasteiger partial charge in [0.05, 0.1) is 23.3 Å². The van der Waals surface area contributed by atoms with Crippen molar-refractivity contribution in [2.75, 3.05) is 0 Å². The molecule has 0 N–H and O–H groups in total. The first-order chi connectivity index (χ1) is 12.6. The SMILES string of the molecule is Cc1cccc(-n2ccc(=O)c(-c3ccnn3-c3ccnc(Cl)c3)n2)c1. The Morgan fingerprint density at radius 2 is 1.88 bits per heavy atom. The highest BCUT2D eigenvalue weighted by Crippen LogP contribution is 2.20. The van der Waals surface area contributed by atoms with Gasteiger partial charge in [0.2, 0.25) is 5.43 Å². The molecule has 0 aliphatic heterocycles. The molecule has 4 aromatic rings. The van der Waals surface area contributed by atoms with Gasteiger partial charge in [-0.2, -0.15) is 10.2 Å². The van der Waals surface area contributed by atoms with Crippen LogP contribution in [0.15, 0.2) is 71.9 Å². The van der Waals surface area contributed by atoms with E-state index >= 15 is 0 Å². The van der Waals surface area contributed by atoms with E-state index in [-0.39, 0.29) is 5.43 Å². The molecule has 0 spiro atoms. The lowest BCUT2D eigenvalue weighted by Crippen LogP contribution is -2.14. The topological polar surface area (TPSA) is 65.6 Å². The molecule has 0 radical (unpaired) electrons. The van der Waals surface area contributed by atoms with Crippen molar-refractivity contribution in [3.8, 4) is 22.8 Å². The second kappa shape index (κ2) is 6.57. The van der Waals surface area contributed by atoms with E-state index in [0.29, 0.717) is 22.2 Å². The highest BCUT2D eigenvalue weighted by molar-refractivity contribution is 6.29. The average Bonchev–Trinajstić information content (AvgIpc) is 3.12. The van der Waals surface area contributed by atoms with Crippen LogP contribution in [0.3, 0.4) is 0 Å². The highest BCUT2D eigenvalue weighted by Gasteiger charge is 2.14. The highest BCUT2D eigenvalue weighted by atomic mass is 35.5. The third kappa shape index (κ3) is 3.02. The molecule has 3 aromatic heterocycles. The zero-order valence-corrected chi connectivity index (χ0v) is 14.6. The van der Waals surface area contributed by atoms with Gasteiger partial charge < -0.3 is 0 Å². The van der Waals surface area contributed by atoms with Gasteiger partial charge >= 0.3 is 0 Å². The number of nitrogens with zero attached hydrogens (tertiary/aromatic N) is 5. The molecule has 128 valence electrons. The number of aromatic nitrogens is 5. The Bertz CT molecular complexity index is 1150. The first kappa shape index (κ1) is 16.2. The van der Waals surface area contributed by atoms with Gasteiger partial charge in [-0.15, -0.1) is 0 Å². The minimum atomic E-state index is -0.184. The average molecular weight is 364 g/mol. The second-order valence-electron chi connectivity index (χ2n) is 5.78. The zero-order valence-electron chi connectivity index (χ0n) is 13.9. The Morgan fingerprint density at radius 3 is 2.69 bits per heavy atom. The van der Waals surface area contributed by atoms with Crippen LogP contribution in [0.5, 0.6) is 0 Å². The zero-order chi connectivity index (χ0) is 18.1. The Labute approximate surface area is 154 Å². The van der Waals surface area contributed by atoms with E-state index in [9.17, 15) is 4.79 Å². The van der Waals surface area contributed by atoms with Crippen LogP contribution in [0.2, 0.25) is 5.15 Å². The number of hydrogen-bond acceptors (Lipinski definition) is 4. The molecule has 0 fully saturated rings. The van der Waals surface area contributed by atoms with Crippen molar-refractivity contribution in [3.63, 3.8) is 0 Å². The van der Waals surface area contributed by atoms with Crippen molar-refractivity contribution in [1.82, 2.24) is 24.5 Å². The van der Waals surface area contributed by atoms with Crippen LogP contribution in [0.25, 0.3) is 22.8 Å². The third-order valence-electron chi connectivity index (χ3n) is 3.91. The van der Waals surface area contributed by atoms with Gasteiger partial charge in [0, 0.05) is 24.5 Å². The molecule has 0 unspecified atom stereocenters. The monoisotopic (exact) mass is 363 g/mol. The lowest BCUT2D eigenvalue weighted by molar-refractivity contribution is 0.822. The lowest BCUT2D eigenvalue weighted by atomic mass is 10.2. The summed E-state index contributed by atoms with van der Waals surface area (Å²) in [6.07, 6.45) is 4.87. The summed E-state index contributed by atoms with van der Waals surface area (Å²) in [6.45, 7) is 2.01. The largest absolute Gasteiger partial charge is 0.287 e. The minimum Gasteiger partial charge on any atom is -0.287 e. The maximum absolute atomic E-state index is 12.5. The number of rotatable bonds is 3. The number of pyridine rings is 1. The van der Waals surface area contributed by atoms with Crippen LogP contribution in [0.4, 0.5) is 0 Å². The van der Waals surface area contributed by atoms with Crippen LogP contribution in [-0.2, 0) is 0 Å². The molecule has 6 nitrogen and oxygen atoms in total. The normalized spacial score (nSPS) is 10.8. The smallest absolute Gasteiger partial charge is 0.209 e. The number of halogens is 1. The molecule has 26 heavy (non-hydrogen) atoms. The maximum Gasteiger partial charge on any atom is 0.209 e. The van der Waals surface area contributed by atoms with Crippen molar-refractivity contribution in [1.29, 1.82) is 0 Å². The summed E-state index contributed by atoms with van der Waals surface area (Å²) < 4.78 is 3.30. The van der Waals surface area contributed by atoms with E-state index < -0.39 is 0 Å². The van der Waals surface area contributed by atoms with Gasteiger partial charge in [-0.25, -0.2) is 14.3 Å². The molecule has 0 amide bonds. The van der Waals surface area contributed by atoms with Crippen molar-refractivity contribution >= 4 is 11.6 Å². The van der Waals surface area contributed by atoms with Crippen molar-refractivity contribution < 1.29 is 0 Å². The molecule has 3 heterocycles. The van der Waals surface area contributed by atoms with Gasteiger partial charge in [0.15, 0.2) is 5.69 Å². The summed E-state index contributed by atoms with van der Waals surface area (Å²) in [5.74, 6) is 0. The fourth-order valence-corrected chi connectivity index (χ4v) is 2.88. The van der Waals surface area contributed by atoms with Crippen molar-refractivity contribution in [2.45, 2.75) is 6.92 Å². The minimum absolute atomic E-state index is 0.184. The predicted octanol–water partition coefficient (Wildman–Crippen LogP) is 3.44. The first-order valence-corrected chi connectivity index (χ1v) is 8.33. The molecular weight excluding hydrogens is 350 g/mol. The first-order valence-electron chi connectivity index (χ1n) is 7.95. The Kier molecular flexibility index (Phi) is 4.10. The van der Waals surface area contributed by atoms with Crippen LogP contribution in [-0.4, -0.2) is 24.5 Å². The van der Waals surface area contributed by atoms with E-state index in [4.69, 9.17) is 11.6 Å². The van der Waals surface area contributed by atoms with Crippen LogP contribution >= 0.6 is 11.6 Å². The van der Waals surface area contributed by atoms with Crippen LogP contribution in [0, 0.1) is 6.92 Å². The fraction of sp³-hybridized carbons (Fsp3) is 0.0526. The number of aryl methyl sites for hydroxylation is 1. The molecule has 0 aliphatic rings. The molecule has 7 heteroatoms. The predicted molar refractivity (Wildman–Crippen MR) is 99.9 cm³/mol. The van der Waals surface area contributed by atoms with Crippen molar-refractivity contribution in [2.24, 2.45) is 0 Å². The molecule has 1 aromatic carbocycles. The standard InChI is InChI=1S/C19H14ClN5O/c1-13-3-2-4-14(11-13)24-10-7-17(26)19(23-24)16-6-9-22-25(16)15-5-8-21-18(20)12-15/h2-12H,1H3. The molecule has 4 rings (SSSR count). The molecule has 0 bridgehead atoms. The number of hydrogen-bond donors (Lipinski definition) is 0. The maximum atomic E-state index is 12.5. The summed E-state index contributed by atoms with van der Waals surface area (Å²) in [4.78, 5) is 16.4.